The maximum absolute atomic E-state index is 6.00. The van der Waals surface area contributed by atoms with Gasteiger partial charge in [-0.3, -0.25) is 0 Å². The zero-order chi connectivity index (χ0) is 12.1. The fraction of sp³-hybridized carbons (Fsp3) is 1.00. The van der Waals surface area contributed by atoms with Gasteiger partial charge in [0.05, 0.1) is 0 Å². The average Bonchev–Trinajstić information content (AvgIpc) is 1.96. The molecule has 4 heteroatoms. The first kappa shape index (κ1) is 15.4. The fourth-order valence-corrected chi connectivity index (χ4v) is 7.81. The molecule has 0 spiro atoms. The van der Waals surface area contributed by atoms with Gasteiger partial charge in [0.25, 0.3) is 0 Å². The van der Waals surface area contributed by atoms with Gasteiger partial charge >= 0.3 is 0 Å². The molecule has 92 valence electrons. The molecule has 0 heterocycles. The standard InChI is InChI=1S/C11H28O2Si2/c1-10(2)12-14(6)8-9-15(7)13-11(3,4)5/h10,14-15H,8-9H2,1-7H3. The van der Waals surface area contributed by atoms with E-state index in [-0.39, 0.29) is 5.60 Å². The molecule has 0 fully saturated rings. The van der Waals surface area contributed by atoms with Gasteiger partial charge < -0.3 is 8.85 Å². The van der Waals surface area contributed by atoms with Crippen molar-refractivity contribution in [1.82, 2.24) is 0 Å². The molecular formula is C11H28O2Si2. The summed E-state index contributed by atoms with van der Waals surface area (Å²) in [7, 11) is -1.90. The van der Waals surface area contributed by atoms with Gasteiger partial charge in [0.15, 0.2) is 18.1 Å². The van der Waals surface area contributed by atoms with Crippen LogP contribution in [-0.4, -0.2) is 29.8 Å². The van der Waals surface area contributed by atoms with Gasteiger partial charge in [-0.05, 0) is 59.8 Å². The van der Waals surface area contributed by atoms with Crippen molar-refractivity contribution in [2.24, 2.45) is 0 Å². The van der Waals surface area contributed by atoms with E-state index >= 15 is 0 Å². The minimum absolute atomic E-state index is 0.0370. The summed E-state index contributed by atoms with van der Waals surface area (Å²) in [6, 6.07) is 2.53. The minimum Gasteiger partial charge on any atom is -0.418 e. The number of hydrogen-bond donors (Lipinski definition) is 0. The monoisotopic (exact) mass is 248 g/mol. The molecule has 0 aromatic heterocycles. The second kappa shape index (κ2) is 6.83. The van der Waals surface area contributed by atoms with Gasteiger partial charge in [-0.25, -0.2) is 0 Å². The minimum atomic E-state index is -0.974. The van der Waals surface area contributed by atoms with Crippen molar-refractivity contribution in [1.29, 1.82) is 0 Å². The Hall–Kier alpha value is 0.354. The van der Waals surface area contributed by atoms with Crippen molar-refractivity contribution in [2.45, 2.75) is 71.5 Å². The predicted octanol–water partition coefficient (Wildman–Crippen LogP) is 2.93. The van der Waals surface area contributed by atoms with Crippen molar-refractivity contribution in [3.63, 3.8) is 0 Å². The largest absolute Gasteiger partial charge is 0.418 e. The highest BCUT2D eigenvalue weighted by atomic mass is 28.3. The Morgan fingerprint density at radius 3 is 1.87 bits per heavy atom. The first-order valence-corrected chi connectivity index (χ1v) is 10.9. The van der Waals surface area contributed by atoms with E-state index in [0.29, 0.717) is 6.10 Å². The lowest BCUT2D eigenvalue weighted by atomic mass is 10.2. The molecule has 2 unspecified atom stereocenters. The Kier molecular flexibility index (Phi) is 6.99. The quantitative estimate of drug-likeness (QED) is 0.673. The van der Waals surface area contributed by atoms with E-state index in [2.05, 4.69) is 47.7 Å². The summed E-state index contributed by atoms with van der Waals surface area (Å²) in [5.41, 5.74) is 0.0370. The maximum atomic E-state index is 6.00. The third-order valence-electron chi connectivity index (χ3n) is 2.04. The van der Waals surface area contributed by atoms with Crippen LogP contribution in [0.25, 0.3) is 0 Å². The van der Waals surface area contributed by atoms with Crippen LogP contribution in [0.5, 0.6) is 0 Å². The van der Waals surface area contributed by atoms with Crippen molar-refractivity contribution in [3.05, 3.63) is 0 Å². The van der Waals surface area contributed by atoms with Crippen LogP contribution >= 0.6 is 0 Å². The second-order valence-electron chi connectivity index (χ2n) is 5.61. The molecule has 0 bridgehead atoms. The summed E-state index contributed by atoms with van der Waals surface area (Å²) in [6.07, 6.45) is 0.396. The molecule has 0 saturated heterocycles. The smallest absolute Gasteiger partial charge is 0.174 e. The summed E-state index contributed by atoms with van der Waals surface area (Å²) in [5, 5.41) is 0. The molecule has 0 aromatic rings. The molecule has 0 N–H and O–H groups in total. The summed E-state index contributed by atoms with van der Waals surface area (Å²) < 4.78 is 11.8. The van der Waals surface area contributed by atoms with Gasteiger partial charge in [0.1, 0.15) is 0 Å². The Morgan fingerprint density at radius 2 is 1.47 bits per heavy atom. The predicted molar refractivity (Wildman–Crippen MR) is 72.7 cm³/mol. The highest BCUT2D eigenvalue weighted by Crippen LogP contribution is 2.14. The third-order valence-corrected chi connectivity index (χ3v) is 7.12. The van der Waals surface area contributed by atoms with Gasteiger partial charge in [0, 0.05) is 11.7 Å². The Bertz CT molecular complexity index is 166. The molecule has 0 aliphatic heterocycles. The van der Waals surface area contributed by atoms with E-state index in [1.807, 2.05) is 0 Å². The van der Waals surface area contributed by atoms with Crippen molar-refractivity contribution in [3.8, 4) is 0 Å². The molecule has 2 nitrogen and oxygen atoms in total. The highest BCUT2D eigenvalue weighted by molar-refractivity contribution is 6.56. The van der Waals surface area contributed by atoms with Crippen LogP contribution in [0.15, 0.2) is 0 Å². The second-order valence-corrected chi connectivity index (χ2v) is 10.5. The van der Waals surface area contributed by atoms with E-state index in [1.54, 1.807) is 0 Å². The van der Waals surface area contributed by atoms with Crippen molar-refractivity contribution < 1.29 is 8.85 Å². The topological polar surface area (TPSA) is 18.5 Å². The zero-order valence-electron chi connectivity index (χ0n) is 11.5. The Balaban J connectivity index is 3.66. The van der Waals surface area contributed by atoms with E-state index in [4.69, 9.17) is 8.85 Å². The zero-order valence-corrected chi connectivity index (χ0v) is 13.8. The van der Waals surface area contributed by atoms with Crippen LogP contribution < -0.4 is 0 Å². The summed E-state index contributed by atoms with van der Waals surface area (Å²) in [5.74, 6) is 0. The van der Waals surface area contributed by atoms with Gasteiger partial charge in [-0.2, -0.15) is 0 Å². The lowest BCUT2D eigenvalue weighted by molar-refractivity contribution is 0.130. The van der Waals surface area contributed by atoms with Gasteiger partial charge in [-0.1, -0.05) is 0 Å². The molecule has 0 amide bonds. The molecule has 0 rings (SSSR count). The molecule has 0 aromatic carbocycles. The normalized spacial score (nSPS) is 16.8. The summed E-state index contributed by atoms with van der Waals surface area (Å²) in [4.78, 5) is 0. The molecule has 2 atom stereocenters. The molecule has 0 aliphatic rings. The molecule has 0 saturated carbocycles. The van der Waals surface area contributed by atoms with Crippen molar-refractivity contribution in [2.75, 3.05) is 0 Å². The van der Waals surface area contributed by atoms with Crippen LogP contribution in [-0.2, 0) is 8.85 Å². The summed E-state index contributed by atoms with van der Waals surface area (Å²) >= 11 is 0. The fourth-order valence-electron chi connectivity index (χ4n) is 1.66. The van der Waals surface area contributed by atoms with Gasteiger partial charge in [-0.15, -0.1) is 0 Å². The van der Waals surface area contributed by atoms with Gasteiger partial charge in [0.2, 0.25) is 0 Å². The summed E-state index contributed by atoms with van der Waals surface area (Å²) in [6.45, 7) is 15.2. The van der Waals surface area contributed by atoms with Crippen LogP contribution in [0.4, 0.5) is 0 Å². The van der Waals surface area contributed by atoms with Crippen molar-refractivity contribution >= 4 is 18.1 Å². The maximum Gasteiger partial charge on any atom is 0.174 e. The molecular weight excluding hydrogens is 220 g/mol. The van der Waals surface area contributed by atoms with Crippen LogP contribution in [0.2, 0.25) is 25.2 Å². The lowest BCUT2D eigenvalue weighted by Gasteiger charge is -2.25. The molecule has 0 aliphatic carbocycles. The first-order valence-electron chi connectivity index (χ1n) is 6.04. The Labute approximate surface area is 98.8 Å². The SMILES string of the molecule is CC(C)O[SiH](C)CC[SiH](C)OC(C)(C)C. The van der Waals surface area contributed by atoms with Crippen LogP contribution in [0.1, 0.15) is 34.6 Å². The van der Waals surface area contributed by atoms with E-state index in [1.165, 1.54) is 12.1 Å². The number of rotatable bonds is 6. The third kappa shape index (κ3) is 10.6. The lowest BCUT2D eigenvalue weighted by Crippen LogP contribution is -2.29. The molecule has 0 radical (unpaired) electrons. The number of hydrogen-bond acceptors (Lipinski definition) is 2. The first-order chi connectivity index (χ1) is 6.70. The highest BCUT2D eigenvalue weighted by Gasteiger charge is 2.17. The molecule has 15 heavy (non-hydrogen) atoms. The van der Waals surface area contributed by atoms with Crippen LogP contribution in [0.3, 0.4) is 0 Å². The van der Waals surface area contributed by atoms with E-state index < -0.39 is 18.1 Å². The average molecular weight is 249 g/mol. The van der Waals surface area contributed by atoms with E-state index in [9.17, 15) is 0 Å². The van der Waals surface area contributed by atoms with E-state index in [0.717, 1.165) is 0 Å². The Morgan fingerprint density at radius 1 is 1.00 bits per heavy atom. The van der Waals surface area contributed by atoms with Crippen LogP contribution in [0, 0.1) is 0 Å².